The van der Waals surface area contributed by atoms with E-state index in [1.165, 1.54) is 5.57 Å². The first kappa shape index (κ1) is 15.6. The van der Waals surface area contributed by atoms with Gasteiger partial charge in [-0.3, -0.25) is 4.79 Å². The lowest BCUT2D eigenvalue weighted by Crippen LogP contribution is -2.58. The molecule has 126 valence electrons. The van der Waals surface area contributed by atoms with Gasteiger partial charge in [0.2, 0.25) is 0 Å². The highest BCUT2D eigenvalue weighted by atomic mass is 16.3. The molecule has 0 radical (unpaired) electrons. The number of rotatable bonds is 0. The van der Waals surface area contributed by atoms with E-state index in [9.17, 15) is 15.0 Å². The van der Waals surface area contributed by atoms with E-state index in [2.05, 4.69) is 13.8 Å². The Hall–Kier alpha value is -0.930. The summed E-state index contributed by atoms with van der Waals surface area (Å²) >= 11 is 0. The quantitative estimate of drug-likeness (QED) is 0.722. The van der Waals surface area contributed by atoms with Gasteiger partial charge < -0.3 is 10.2 Å². The molecule has 3 saturated carbocycles. The van der Waals surface area contributed by atoms with Crippen LogP contribution in [0.4, 0.5) is 0 Å². The van der Waals surface area contributed by atoms with E-state index in [0.29, 0.717) is 18.3 Å². The van der Waals surface area contributed by atoms with Gasteiger partial charge in [-0.25, -0.2) is 0 Å². The van der Waals surface area contributed by atoms with Crippen molar-refractivity contribution in [3.63, 3.8) is 0 Å². The summed E-state index contributed by atoms with van der Waals surface area (Å²) in [5.74, 6) is 1.14. The molecule has 0 aliphatic heterocycles. The summed E-state index contributed by atoms with van der Waals surface area (Å²) in [5.41, 5.74) is 0.114. The fourth-order valence-corrected chi connectivity index (χ4v) is 6.55. The van der Waals surface area contributed by atoms with Crippen LogP contribution in [0.2, 0.25) is 0 Å². The van der Waals surface area contributed by atoms with E-state index in [1.807, 2.05) is 13.0 Å². The standard InChI is InChI=1S/C20H28O3/c1-18-8-6-13(21)10-12(18)4-5-14-15-7-9-20(3,23)19(15,2)11-16(22)17(14)18/h6,8,10,14-17,22-23H,4-5,7,9,11H2,1-3H3/t14-,15-,16+,17+,18-,19-,20+/m0/s1. The van der Waals surface area contributed by atoms with Crippen molar-refractivity contribution in [1.29, 1.82) is 0 Å². The predicted octanol–water partition coefficient (Wildman–Crippen LogP) is 3.02. The van der Waals surface area contributed by atoms with E-state index < -0.39 is 11.7 Å². The molecule has 7 atom stereocenters. The third-order valence-corrected chi connectivity index (χ3v) is 8.06. The number of hydrogen-bond donors (Lipinski definition) is 2. The van der Waals surface area contributed by atoms with Gasteiger partial charge in [-0.05, 0) is 63.0 Å². The largest absolute Gasteiger partial charge is 0.393 e. The number of hydrogen-bond acceptors (Lipinski definition) is 3. The van der Waals surface area contributed by atoms with Crippen molar-refractivity contribution < 1.29 is 15.0 Å². The van der Waals surface area contributed by atoms with Crippen LogP contribution in [-0.2, 0) is 4.79 Å². The van der Waals surface area contributed by atoms with E-state index in [1.54, 1.807) is 12.2 Å². The molecule has 4 aliphatic carbocycles. The Morgan fingerprint density at radius 3 is 2.70 bits per heavy atom. The molecule has 4 aliphatic rings. The van der Waals surface area contributed by atoms with Gasteiger partial charge in [0.15, 0.2) is 5.78 Å². The van der Waals surface area contributed by atoms with Gasteiger partial charge in [-0.15, -0.1) is 0 Å². The van der Waals surface area contributed by atoms with Gasteiger partial charge in [0, 0.05) is 16.7 Å². The maximum absolute atomic E-state index is 11.8. The molecule has 0 spiro atoms. The minimum absolute atomic E-state index is 0.0786. The molecule has 0 amide bonds. The van der Waals surface area contributed by atoms with E-state index in [4.69, 9.17) is 0 Å². The zero-order valence-corrected chi connectivity index (χ0v) is 14.4. The lowest BCUT2D eigenvalue weighted by molar-refractivity contribution is -0.157. The second-order valence-corrected chi connectivity index (χ2v) is 9.02. The predicted molar refractivity (Wildman–Crippen MR) is 88.6 cm³/mol. The first-order valence-electron chi connectivity index (χ1n) is 9.04. The van der Waals surface area contributed by atoms with Crippen molar-refractivity contribution in [3.8, 4) is 0 Å². The van der Waals surface area contributed by atoms with Crippen LogP contribution >= 0.6 is 0 Å². The van der Waals surface area contributed by atoms with Gasteiger partial charge in [-0.1, -0.05) is 25.5 Å². The molecule has 0 aromatic heterocycles. The minimum atomic E-state index is -0.682. The summed E-state index contributed by atoms with van der Waals surface area (Å²) in [6, 6.07) is 0. The molecule has 0 bridgehead atoms. The Balaban J connectivity index is 1.76. The SMILES string of the molecule is C[C@]12C=CC(=O)C=C1CC[C@@H]1[C@@H]2[C@H](O)C[C@@]2(C)[C@H]1CC[C@@]2(C)O. The second-order valence-electron chi connectivity index (χ2n) is 9.02. The summed E-state index contributed by atoms with van der Waals surface area (Å²) in [6.45, 7) is 6.32. The number of aliphatic hydroxyl groups excluding tert-OH is 1. The molecule has 3 nitrogen and oxygen atoms in total. The lowest BCUT2D eigenvalue weighted by Gasteiger charge is -2.59. The van der Waals surface area contributed by atoms with Gasteiger partial charge in [0.25, 0.3) is 0 Å². The van der Waals surface area contributed by atoms with Crippen LogP contribution < -0.4 is 0 Å². The van der Waals surface area contributed by atoms with Crippen LogP contribution in [0.1, 0.15) is 52.9 Å². The maximum atomic E-state index is 11.8. The van der Waals surface area contributed by atoms with E-state index >= 15 is 0 Å². The zero-order valence-electron chi connectivity index (χ0n) is 14.4. The molecular weight excluding hydrogens is 288 g/mol. The molecule has 0 unspecified atom stereocenters. The highest BCUT2D eigenvalue weighted by Gasteiger charge is 2.64. The molecule has 23 heavy (non-hydrogen) atoms. The van der Waals surface area contributed by atoms with Crippen LogP contribution in [0.15, 0.2) is 23.8 Å². The number of aliphatic hydroxyl groups is 2. The first-order chi connectivity index (χ1) is 10.7. The summed E-state index contributed by atoms with van der Waals surface area (Å²) in [7, 11) is 0. The Kier molecular flexibility index (Phi) is 3.10. The lowest BCUT2D eigenvalue weighted by atomic mass is 9.46. The Morgan fingerprint density at radius 1 is 1.22 bits per heavy atom. The molecule has 0 saturated heterocycles. The molecule has 0 heterocycles. The fraction of sp³-hybridized carbons (Fsp3) is 0.750. The van der Waals surface area contributed by atoms with Crippen molar-refractivity contribution >= 4 is 5.78 Å². The monoisotopic (exact) mass is 316 g/mol. The molecule has 4 rings (SSSR count). The zero-order chi connectivity index (χ0) is 16.6. The molecule has 3 fully saturated rings. The van der Waals surface area contributed by atoms with Crippen molar-refractivity contribution in [2.24, 2.45) is 28.6 Å². The number of allylic oxidation sites excluding steroid dienone is 4. The number of carbonyl (C=O) groups is 1. The Bertz CT molecular complexity index is 616. The van der Waals surface area contributed by atoms with Crippen LogP contribution in [0.5, 0.6) is 0 Å². The van der Waals surface area contributed by atoms with Gasteiger partial charge in [-0.2, -0.15) is 0 Å². The highest BCUT2D eigenvalue weighted by molar-refractivity contribution is 6.01. The molecular formula is C20H28O3. The van der Waals surface area contributed by atoms with E-state index in [0.717, 1.165) is 25.7 Å². The Labute approximate surface area is 138 Å². The molecule has 0 aromatic rings. The van der Waals surface area contributed by atoms with E-state index in [-0.39, 0.29) is 22.5 Å². The van der Waals surface area contributed by atoms with Crippen LogP contribution in [0.3, 0.4) is 0 Å². The maximum Gasteiger partial charge on any atom is 0.178 e. The number of ketones is 1. The van der Waals surface area contributed by atoms with Crippen LogP contribution in [-0.4, -0.2) is 27.7 Å². The average Bonchev–Trinajstić information content (AvgIpc) is 2.69. The topological polar surface area (TPSA) is 57.5 Å². The van der Waals surface area contributed by atoms with Gasteiger partial charge in [0.05, 0.1) is 11.7 Å². The average molecular weight is 316 g/mol. The van der Waals surface area contributed by atoms with Crippen molar-refractivity contribution in [2.45, 2.75) is 64.6 Å². The molecule has 0 aromatic carbocycles. The summed E-state index contributed by atoms with van der Waals surface area (Å²) in [5, 5.41) is 22.0. The van der Waals surface area contributed by atoms with Crippen molar-refractivity contribution in [1.82, 2.24) is 0 Å². The second kappa shape index (κ2) is 4.58. The summed E-state index contributed by atoms with van der Waals surface area (Å²) < 4.78 is 0. The number of carbonyl (C=O) groups excluding carboxylic acids is 1. The molecule has 3 heteroatoms. The molecule has 2 N–H and O–H groups in total. The van der Waals surface area contributed by atoms with Gasteiger partial charge in [0.1, 0.15) is 0 Å². The van der Waals surface area contributed by atoms with Crippen molar-refractivity contribution in [3.05, 3.63) is 23.8 Å². The normalized spacial score (nSPS) is 55.0. The third-order valence-electron chi connectivity index (χ3n) is 8.06. The first-order valence-corrected chi connectivity index (χ1v) is 9.04. The van der Waals surface area contributed by atoms with Crippen LogP contribution in [0, 0.1) is 28.6 Å². The third kappa shape index (κ3) is 1.87. The van der Waals surface area contributed by atoms with Gasteiger partial charge >= 0.3 is 0 Å². The fourth-order valence-electron chi connectivity index (χ4n) is 6.55. The van der Waals surface area contributed by atoms with Crippen LogP contribution in [0.25, 0.3) is 0 Å². The highest BCUT2D eigenvalue weighted by Crippen LogP contribution is 2.66. The minimum Gasteiger partial charge on any atom is -0.393 e. The van der Waals surface area contributed by atoms with Crippen molar-refractivity contribution in [2.75, 3.05) is 0 Å². The smallest absolute Gasteiger partial charge is 0.178 e. The number of fused-ring (bicyclic) bond motifs is 5. The summed E-state index contributed by atoms with van der Waals surface area (Å²) in [4.78, 5) is 11.8. The Morgan fingerprint density at radius 2 is 1.96 bits per heavy atom. The summed E-state index contributed by atoms with van der Waals surface area (Å²) in [6.07, 6.45) is 9.61.